The zero-order valence-corrected chi connectivity index (χ0v) is 15.4. The SMILES string of the molecule is Cc1ccc(N2CC(NC(=O)c3ccc(OC(C)C)cc3)CC2=O)cc1. The molecule has 3 rings (SSSR count). The summed E-state index contributed by atoms with van der Waals surface area (Å²) in [7, 11) is 0. The monoisotopic (exact) mass is 352 g/mol. The Morgan fingerprint density at radius 1 is 1.12 bits per heavy atom. The predicted molar refractivity (Wildman–Crippen MR) is 102 cm³/mol. The summed E-state index contributed by atoms with van der Waals surface area (Å²) in [5.74, 6) is 0.586. The summed E-state index contributed by atoms with van der Waals surface area (Å²) in [5.41, 5.74) is 2.57. The topological polar surface area (TPSA) is 58.6 Å². The van der Waals surface area contributed by atoms with Gasteiger partial charge in [0.25, 0.3) is 5.91 Å². The number of anilines is 1. The zero-order chi connectivity index (χ0) is 18.7. The van der Waals surface area contributed by atoms with Crippen LogP contribution in [0.25, 0.3) is 0 Å². The molecule has 1 saturated heterocycles. The Morgan fingerprint density at radius 2 is 1.77 bits per heavy atom. The Morgan fingerprint density at radius 3 is 2.38 bits per heavy atom. The fourth-order valence-electron chi connectivity index (χ4n) is 3.00. The summed E-state index contributed by atoms with van der Waals surface area (Å²) in [4.78, 5) is 26.5. The second kappa shape index (κ2) is 7.60. The van der Waals surface area contributed by atoms with Crippen LogP contribution in [0.15, 0.2) is 48.5 Å². The van der Waals surface area contributed by atoms with Crippen LogP contribution in [-0.2, 0) is 4.79 Å². The first-order valence-electron chi connectivity index (χ1n) is 8.87. The third kappa shape index (κ3) is 4.23. The molecule has 1 aliphatic rings. The van der Waals surface area contributed by atoms with E-state index < -0.39 is 0 Å². The molecule has 1 unspecified atom stereocenters. The van der Waals surface area contributed by atoms with Crippen LogP contribution in [-0.4, -0.2) is 30.5 Å². The number of hydrogen-bond donors (Lipinski definition) is 1. The maximum Gasteiger partial charge on any atom is 0.251 e. The van der Waals surface area contributed by atoms with Gasteiger partial charge in [-0.2, -0.15) is 0 Å². The fourth-order valence-corrected chi connectivity index (χ4v) is 3.00. The number of hydrogen-bond acceptors (Lipinski definition) is 3. The molecule has 136 valence electrons. The Labute approximate surface area is 154 Å². The molecule has 0 saturated carbocycles. The van der Waals surface area contributed by atoms with Crippen LogP contribution >= 0.6 is 0 Å². The first-order valence-corrected chi connectivity index (χ1v) is 8.87. The number of carbonyl (C=O) groups excluding carboxylic acids is 2. The average Bonchev–Trinajstić information content (AvgIpc) is 2.96. The molecule has 2 amide bonds. The van der Waals surface area contributed by atoms with Crippen molar-refractivity contribution >= 4 is 17.5 Å². The quantitative estimate of drug-likeness (QED) is 0.898. The van der Waals surface area contributed by atoms with Gasteiger partial charge in [0.15, 0.2) is 0 Å². The predicted octanol–water partition coefficient (Wildman–Crippen LogP) is 3.32. The van der Waals surface area contributed by atoms with Gasteiger partial charge < -0.3 is 15.0 Å². The van der Waals surface area contributed by atoms with E-state index in [2.05, 4.69) is 5.32 Å². The third-order valence-corrected chi connectivity index (χ3v) is 4.29. The molecule has 1 heterocycles. The Bertz CT molecular complexity index is 782. The summed E-state index contributed by atoms with van der Waals surface area (Å²) < 4.78 is 5.58. The van der Waals surface area contributed by atoms with E-state index in [1.807, 2.05) is 45.0 Å². The lowest BCUT2D eigenvalue weighted by Crippen LogP contribution is -2.37. The van der Waals surface area contributed by atoms with E-state index >= 15 is 0 Å². The van der Waals surface area contributed by atoms with E-state index in [1.165, 1.54) is 0 Å². The van der Waals surface area contributed by atoms with Crippen LogP contribution in [0.2, 0.25) is 0 Å². The number of nitrogens with one attached hydrogen (secondary N) is 1. The molecule has 2 aromatic rings. The van der Waals surface area contributed by atoms with Crippen LogP contribution in [0, 0.1) is 6.92 Å². The van der Waals surface area contributed by atoms with E-state index in [-0.39, 0.29) is 24.0 Å². The van der Waals surface area contributed by atoms with E-state index in [0.29, 0.717) is 18.5 Å². The van der Waals surface area contributed by atoms with Gasteiger partial charge in [-0.1, -0.05) is 17.7 Å². The summed E-state index contributed by atoms with van der Waals surface area (Å²) in [6.07, 6.45) is 0.403. The molecule has 0 spiro atoms. The highest BCUT2D eigenvalue weighted by atomic mass is 16.5. The third-order valence-electron chi connectivity index (χ3n) is 4.29. The van der Waals surface area contributed by atoms with Gasteiger partial charge in [0.2, 0.25) is 5.91 Å². The van der Waals surface area contributed by atoms with E-state index in [1.54, 1.807) is 29.2 Å². The van der Waals surface area contributed by atoms with Crippen molar-refractivity contribution in [1.29, 1.82) is 0 Å². The number of amides is 2. The van der Waals surface area contributed by atoms with Crippen LogP contribution in [0.5, 0.6) is 5.75 Å². The molecular formula is C21H24N2O3. The largest absolute Gasteiger partial charge is 0.491 e. The van der Waals surface area contributed by atoms with Crippen LogP contribution in [0.3, 0.4) is 0 Å². The molecule has 2 aromatic carbocycles. The Kier molecular flexibility index (Phi) is 5.26. The van der Waals surface area contributed by atoms with Gasteiger partial charge in [0.1, 0.15) is 5.75 Å². The van der Waals surface area contributed by atoms with E-state index in [4.69, 9.17) is 4.74 Å². The molecular weight excluding hydrogens is 328 g/mol. The number of ether oxygens (including phenoxy) is 1. The smallest absolute Gasteiger partial charge is 0.251 e. The minimum Gasteiger partial charge on any atom is -0.491 e. The number of carbonyl (C=O) groups is 2. The lowest BCUT2D eigenvalue weighted by molar-refractivity contribution is -0.117. The Hall–Kier alpha value is -2.82. The number of nitrogens with zero attached hydrogens (tertiary/aromatic N) is 1. The number of aryl methyl sites for hydroxylation is 1. The summed E-state index contributed by atoms with van der Waals surface area (Å²) in [5, 5.41) is 2.95. The molecule has 5 nitrogen and oxygen atoms in total. The minimum absolute atomic E-state index is 0.0276. The molecule has 5 heteroatoms. The van der Waals surface area contributed by atoms with Crippen molar-refractivity contribution in [2.24, 2.45) is 0 Å². The molecule has 1 N–H and O–H groups in total. The zero-order valence-electron chi connectivity index (χ0n) is 15.4. The first-order chi connectivity index (χ1) is 12.4. The number of benzene rings is 2. The van der Waals surface area contributed by atoms with Crippen molar-refractivity contribution in [2.75, 3.05) is 11.4 Å². The van der Waals surface area contributed by atoms with Crippen molar-refractivity contribution in [3.63, 3.8) is 0 Å². The summed E-state index contributed by atoms with van der Waals surface area (Å²) in [6.45, 7) is 6.41. The molecule has 26 heavy (non-hydrogen) atoms. The van der Waals surface area contributed by atoms with E-state index in [9.17, 15) is 9.59 Å². The highest BCUT2D eigenvalue weighted by Gasteiger charge is 2.31. The van der Waals surface area contributed by atoms with Gasteiger partial charge in [0, 0.05) is 24.2 Å². The van der Waals surface area contributed by atoms with Crippen molar-refractivity contribution in [1.82, 2.24) is 5.32 Å². The minimum atomic E-state index is -0.192. The van der Waals surface area contributed by atoms with Crippen LogP contribution in [0.1, 0.15) is 36.2 Å². The molecule has 1 fully saturated rings. The molecule has 0 aliphatic carbocycles. The molecule has 1 atom stereocenters. The highest BCUT2D eigenvalue weighted by Crippen LogP contribution is 2.22. The van der Waals surface area contributed by atoms with Gasteiger partial charge in [0.05, 0.1) is 12.1 Å². The standard InChI is InChI=1S/C21H24N2O3/c1-14(2)26-19-10-6-16(7-11-19)21(25)22-17-12-20(24)23(13-17)18-8-4-15(3)5-9-18/h4-11,14,17H,12-13H2,1-3H3,(H,22,25). The lowest BCUT2D eigenvalue weighted by Gasteiger charge is -2.17. The normalized spacial score (nSPS) is 16.8. The van der Waals surface area contributed by atoms with Crippen molar-refractivity contribution in [3.05, 3.63) is 59.7 Å². The van der Waals surface area contributed by atoms with Gasteiger partial charge in [-0.25, -0.2) is 0 Å². The van der Waals surface area contributed by atoms with Gasteiger partial charge >= 0.3 is 0 Å². The maximum absolute atomic E-state index is 12.4. The second-order valence-corrected chi connectivity index (χ2v) is 6.91. The molecule has 1 aliphatic heterocycles. The van der Waals surface area contributed by atoms with Crippen molar-refractivity contribution in [2.45, 2.75) is 39.3 Å². The molecule has 0 aromatic heterocycles. The van der Waals surface area contributed by atoms with E-state index in [0.717, 1.165) is 17.0 Å². The summed E-state index contributed by atoms with van der Waals surface area (Å²) >= 11 is 0. The Balaban J connectivity index is 1.61. The lowest BCUT2D eigenvalue weighted by atomic mass is 10.1. The van der Waals surface area contributed by atoms with Gasteiger partial charge in [-0.05, 0) is 57.2 Å². The van der Waals surface area contributed by atoms with Crippen molar-refractivity contribution in [3.8, 4) is 5.75 Å². The summed E-state index contributed by atoms with van der Waals surface area (Å²) in [6, 6.07) is 14.7. The highest BCUT2D eigenvalue weighted by molar-refractivity contribution is 5.99. The number of rotatable bonds is 5. The fraction of sp³-hybridized carbons (Fsp3) is 0.333. The maximum atomic E-state index is 12.4. The molecule has 0 radical (unpaired) electrons. The van der Waals surface area contributed by atoms with Gasteiger partial charge in [-0.3, -0.25) is 9.59 Å². The average molecular weight is 352 g/mol. The molecule has 0 bridgehead atoms. The van der Waals surface area contributed by atoms with Gasteiger partial charge in [-0.15, -0.1) is 0 Å². The van der Waals surface area contributed by atoms with Crippen molar-refractivity contribution < 1.29 is 14.3 Å². The van der Waals surface area contributed by atoms with Crippen LogP contribution < -0.4 is 15.0 Å². The second-order valence-electron chi connectivity index (χ2n) is 6.91. The van der Waals surface area contributed by atoms with Crippen LogP contribution in [0.4, 0.5) is 5.69 Å². The first kappa shape index (κ1) is 18.0.